The van der Waals surface area contributed by atoms with Gasteiger partial charge in [-0.1, -0.05) is 35.5 Å². The van der Waals surface area contributed by atoms with Crippen molar-refractivity contribution >= 4 is 39.3 Å². The number of nitrogen functional groups attached to an aromatic ring is 1. The van der Waals surface area contributed by atoms with Gasteiger partial charge in [-0.2, -0.15) is 13.4 Å². The van der Waals surface area contributed by atoms with E-state index in [1.165, 1.54) is 17.8 Å². The average Bonchev–Trinajstić information content (AvgIpc) is 3.27. The van der Waals surface area contributed by atoms with Crippen LogP contribution >= 0.6 is 23.4 Å². The third kappa shape index (κ3) is 3.62. The van der Waals surface area contributed by atoms with Crippen LogP contribution < -0.4 is 10.5 Å². The van der Waals surface area contributed by atoms with Crippen LogP contribution in [0, 0.1) is 0 Å². The van der Waals surface area contributed by atoms with Gasteiger partial charge >= 0.3 is 0 Å². The Morgan fingerprint density at radius 2 is 2.00 bits per heavy atom. The van der Waals surface area contributed by atoms with Crippen molar-refractivity contribution in [3.63, 3.8) is 0 Å². The number of aromatic nitrogens is 3. The Morgan fingerprint density at radius 1 is 1.22 bits per heavy atom. The zero-order valence-corrected chi connectivity index (χ0v) is 16.4. The van der Waals surface area contributed by atoms with Crippen molar-refractivity contribution in [3.8, 4) is 5.75 Å². The number of nitrogens with two attached hydrogens (primary N) is 1. The minimum Gasteiger partial charge on any atom is -0.493 e. The standard InChI is InChI=1S/C17H15ClN4O3S2/c18-13-3-1-11(2-4-13)10-26-17-20-16(19)22(21-17)27(23,24)14-5-6-15-12(9-14)7-8-25-15/h1-6,9H,7-8,10H2,(H2,19,20,21). The number of fused-ring (bicyclic) bond motifs is 1. The van der Waals surface area contributed by atoms with Crippen LogP contribution in [0.15, 0.2) is 52.5 Å². The maximum atomic E-state index is 12.9. The summed E-state index contributed by atoms with van der Waals surface area (Å²) in [4.78, 5) is 4.18. The van der Waals surface area contributed by atoms with E-state index >= 15 is 0 Å². The second kappa shape index (κ2) is 7.06. The molecule has 0 aliphatic carbocycles. The number of anilines is 1. The van der Waals surface area contributed by atoms with Crippen molar-refractivity contribution in [1.29, 1.82) is 0 Å². The Morgan fingerprint density at radius 3 is 2.78 bits per heavy atom. The van der Waals surface area contributed by atoms with Crippen LogP contribution in [0.2, 0.25) is 5.02 Å². The zero-order chi connectivity index (χ0) is 19.0. The molecular formula is C17H15ClN4O3S2. The monoisotopic (exact) mass is 422 g/mol. The summed E-state index contributed by atoms with van der Waals surface area (Å²) in [6, 6.07) is 12.1. The fraction of sp³-hybridized carbons (Fsp3) is 0.176. The van der Waals surface area contributed by atoms with Gasteiger partial charge in [0.05, 0.1) is 11.5 Å². The first-order valence-corrected chi connectivity index (χ1v) is 10.8. The quantitative estimate of drug-likeness (QED) is 0.631. The number of benzene rings is 2. The molecule has 1 aliphatic rings. The van der Waals surface area contributed by atoms with E-state index in [0.29, 0.717) is 29.6 Å². The molecule has 140 valence electrons. The fourth-order valence-corrected chi connectivity index (χ4v) is 4.85. The molecule has 4 rings (SSSR count). The Hall–Kier alpha value is -2.23. The highest BCUT2D eigenvalue weighted by Crippen LogP contribution is 2.29. The Kier molecular flexibility index (Phi) is 4.75. The molecule has 0 bridgehead atoms. The van der Waals surface area contributed by atoms with E-state index in [-0.39, 0.29) is 16.0 Å². The Labute approximate surface area is 165 Å². The molecular weight excluding hydrogens is 408 g/mol. The summed E-state index contributed by atoms with van der Waals surface area (Å²) in [5.74, 6) is 1.10. The van der Waals surface area contributed by atoms with Gasteiger partial charge in [0.1, 0.15) is 5.75 Å². The predicted molar refractivity (Wildman–Crippen MR) is 104 cm³/mol. The van der Waals surface area contributed by atoms with E-state index in [0.717, 1.165) is 15.2 Å². The first-order chi connectivity index (χ1) is 12.9. The number of nitrogens with zero attached hydrogens (tertiary/aromatic N) is 3. The van der Waals surface area contributed by atoms with Gasteiger partial charge in [0, 0.05) is 17.2 Å². The largest absolute Gasteiger partial charge is 0.493 e. The molecule has 1 aromatic heterocycles. The summed E-state index contributed by atoms with van der Waals surface area (Å²) in [6.45, 7) is 0.551. The summed E-state index contributed by atoms with van der Waals surface area (Å²) in [7, 11) is -3.93. The second-order valence-corrected chi connectivity index (χ2v) is 9.03. The molecule has 0 spiro atoms. The lowest BCUT2D eigenvalue weighted by Gasteiger charge is -2.06. The van der Waals surface area contributed by atoms with Gasteiger partial charge in [0.25, 0.3) is 10.0 Å². The highest BCUT2D eigenvalue weighted by Gasteiger charge is 2.25. The number of hydrogen-bond donors (Lipinski definition) is 1. The van der Waals surface area contributed by atoms with E-state index in [1.807, 2.05) is 12.1 Å². The molecule has 2 N–H and O–H groups in total. The lowest BCUT2D eigenvalue weighted by molar-refractivity contribution is 0.356. The van der Waals surface area contributed by atoms with E-state index in [4.69, 9.17) is 22.1 Å². The van der Waals surface area contributed by atoms with Crippen LogP contribution in [0.25, 0.3) is 0 Å². The molecule has 0 radical (unpaired) electrons. The van der Waals surface area contributed by atoms with Crippen LogP contribution in [0.3, 0.4) is 0 Å². The first kappa shape index (κ1) is 18.1. The molecule has 0 amide bonds. The number of hydrogen-bond acceptors (Lipinski definition) is 7. The molecule has 0 saturated heterocycles. The normalized spacial score (nSPS) is 13.4. The second-order valence-electron chi connectivity index (χ2n) is 5.88. The summed E-state index contributed by atoms with van der Waals surface area (Å²) in [5.41, 5.74) is 7.69. The minimum absolute atomic E-state index is 0.109. The van der Waals surface area contributed by atoms with Gasteiger partial charge in [0.15, 0.2) is 0 Å². The predicted octanol–water partition coefficient (Wildman–Crippen LogP) is 2.98. The van der Waals surface area contributed by atoms with Gasteiger partial charge in [-0.15, -0.1) is 9.19 Å². The summed E-state index contributed by atoms with van der Waals surface area (Å²) >= 11 is 7.17. The fourth-order valence-electron chi connectivity index (χ4n) is 2.68. The van der Waals surface area contributed by atoms with Crippen LogP contribution in [0.1, 0.15) is 11.1 Å². The number of ether oxygens (including phenoxy) is 1. The van der Waals surface area contributed by atoms with Gasteiger partial charge in [-0.3, -0.25) is 0 Å². The minimum atomic E-state index is -3.93. The van der Waals surface area contributed by atoms with Crippen molar-refractivity contribution in [2.24, 2.45) is 0 Å². The van der Waals surface area contributed by atoms with E-state index in [9.17, 15) is 8.42 Å². The summed E-state index contributed by atoms with van der Waals surface area (Å²) in [5, 5.41) is 5.02. The van der Waals surface area contributed by atoms with Gasteiger partial charge < -0.3 is 10.5 Å². The van der Waals surface area contributed by atoms with Crippen molar-refractivity contribution in [2.75, 3.05) is 12.3 Å². The van der Waals surface area contributed by atoms with Gasteiger partial charge in [-0.05, 0) is 41.5 Å². The topological polar surface area (TPSA) is 100 Å². The molecule has 0 fully saturated rings. The molecule has 7 nitrogen and oxygen atoms in total. The molecule has 2 aromatic carbocycles. The van der Waals surface area contributed by atoms with E-state index < -0.39 is 10.0 Å². The van der Waals surface area contributed by atoms with E-state index in [2.05, 4.69) is 10.1 Å². The van der Waals surface area contributed by atoms with Crippen LogP contribution in [-0.4, -0.2) is 29.2 Å². The maximum Gasteiger partial charge on any atom is 0.286 e. The van der Waals surface area contributed by atoms with Gasteiger partial charge in [-0.25, -0.2) is 0 Å². The van der Waals surface area contributed by atoms with E-state index in [1.54, 1.807) is 24.3 Å². The van der Waals surface area contributed by atoms with Gasteiger partial charge in [0.2, 0.25) is 11.1 Å². The number of halogens is 1. The Bertz CT molecular complexity index is 1100. The first-order valence-electron chi connectivity index (χ1n) is 8.04. The molecule has 2 heterocycles. The third-order valence-electron chi connectivity index (χ3n) is 4.05. The molecule has 10 heteroatoms. The number of rotatable bonds is 5. The van der Waals surface area contributed by atoms with Crippen LogP contribution in [-0.2, 0) is 22.2 Å². The lowest BCUT2D eigenvalue weighted by Crippen LogP contribution is -2.17. The molecule has 0 saturated carbocycles. The molecule has 0 atom stereocenters. The summed E-state index contributed by atoms with van der Waals surface area (Å²) in [6.07, 6.45) is 0.674. The number of thioether (sulfide) groups is 1. The third-order valence-corrected chi connectivity index (χ3v) is 6.78. The zero-order valence-electron chi connectivity index (χ0n) is 14.0. The molecule has 3 aromatic rings. The molecule has 1 aliphatic heterocycles. The smallest absolute Gasteiger partial charge is 0.286 e. The lowest BCUT2D eigenvalue weighted by atomic mass is 10.2. The van der Waals surface area contributed by atoms with Crippen molar-refractivity contribution in [3.05, 3.63) is 58.6 Å². The van der Waals surface area contributed by atoms with Crippen molar-refractivity contribution in [1.82, 2.24) is 14.2 Å². The average molecular weight is 423 g/mol. The highest BCUT2D eigenvalue weighted by molar-refractivity contribution is 7.98. The SMILES string of the molecule is Nc1nc(SCc2ccc(Cl)cc2)nn1S(=O)(=O)c1ccc2c(c1)CCO2. The molecule has 27 heavy (non-hydrogen) atoms. The molecule has 0 unspecified atom stereocenters. The Balaban J connectivity index is 1.57. The van der Waals surface area contributed by atoms with Crippen LogP contribution in [0.4, 0.5) is 5.95 Å². The highest BCUT2D eigenvalue weighted by atomic mass is 35.5. The van der Waals surface area contributed by atoms with Crippen molar-refractivity contribution < 1.29 is 13.2 Å². The van der Waals surface area contributed by atoms with Crippen molar-refractivity contribution in [2.45, 2.75) is 22.2 Å². The maximum absolute atomic E-state index is 12.9. The summed E-state index contributed by atoms with van der Waals surface area (Å²) < 4.78 is 32.0. The van der Waals surface area contributed by atoms with Crippen LogP contribution in [0.5, 0.6) is 5.75 Å².